The van der Waals surface area contributed by atoms with E-state index in [0.717, 1.165) is 43.1 Å². The molecule has 0 atom stereocenters. The van der Waals surface area contributed by atoms with Crippen LogP contribution < -0.4 is 15.0 Å². The van der Waals surface area contributed by atoms with Gasteiger partial charge in [0.1, 0.15) is 11.9 Å². The number of anilines is 1. The predicted octanol–water partition coefficient (Wildman–Crippen LogP) is 2.48. The van der Waals surface area contributed by atoms with Crippen LogP contribution in [0.4, 0.5) is 10.2 Å². The first-order chi connectivity index (χ1) is 13.2. The lowest BCUT2D eigenvalue weighted by Crippen LogP contribution is -2.55. The van der Waals surface area contributed by atoms with Crippen LogP contribution in [0.25, 0.3) is 5.65 Å². The van der Waals surface area contributed by atoms with Gasteiger partial charge in [0.05, 0.1) is 25.0 Å². The van der Waals surface area contributed by atoms with Crippen molar-refractivity contribution in [3.8, 4) is 5.75 Å². The summed E-state index contributed by atoms with van der Waals surface area (Å²) in [4.78, 5) is 7.02. The summed E-state index contributed by atoms with van der Waals surface area (Å²) in [6, 6.07) is 6.42. The van der Waals surface area contributed by atoms with Crippen molar-refractivity contribution in [2.24, 2.45) is 0 Å². The summed E-state index contributed by atoms with van der Waals surface area (Å²) in [6.07, 6.45) is 3.54. The molecule has 1 aromatic carbocycles. The molecule has 4 heterocycles. The molecule has 8 heteroatoms. The molecule has 0 unspecified atom stereocenters. The lowest BCUT2D eigenvalue weighted by atomic mass is 10.1. The Labute approximate surface area is 160 Å². The molecule has 1 saturated heterocycles. The van der Waals surface area contributed by atoms with Crippen LogP contribution >= 0.6 is 11.6 Å². The Morgan fingerprint density at radius 1 is 1.19 bits per heavy atom. The number of aromatic nitrogens is 3. The van der Waals surface area contributed by atoms with Gasteiger partial charge in [-0.2, -0.15) is 9.61 Å². The van der Waals surface area contributed by atoms with E-state index < -0.39 is 5.82 Å². The lowest BCUT2D eigenvalue weighted by Gasteiger charge is -2.41. The van der Waals surface area contributed by atoms with Crippen LogP contribution in [0.3, 0.4) is 0 Å². The monoisotopic (exact) mass is 387 g/mol. The minimum absolute atomic E-state index is 0.0704. The van der Waals surface area contributed by atoms with E-state index in [1.165, 1.54) is 11.6 Å². The van der Waals surface area contributed by atoms with Crippen LogP contribution in [-0.4, -0.2) is 46.9 Å². The minimum atomic E-state index is -0.431. The average molecular weight is 388 g/mol. The number of nitrogens with zero attached hydrogens (tertiary/aromatic N) is 4. The normalized spacial score (nSPS) is 17.5. The maximum Gasteiger partial charge on any atom is 0.166 e. The van der Waals surface area contributed by atoms with Crippen molar-refractivity contribution < 1.29 is 9.13 Å². The van der Waals surface area contributed by atoms with Gasteiger partial charge in [0, 0.05) is 29.6 Å². The molecule has 2 aliphatic heterocycles. The molecule has 0 bridgehead atoms. The van der Waals surface area contributed by atoms with Crippen LogP contribution in [0.1, 0.15) is 11.3 Å². The quantitative estimate of drug-likeness (QED) is 0.748. The fourth-order valence-electron chi connectivity index (χ4n) is 3.78. The minimum Gasteiger partial charge on any atom is -0.484 e. The predicted molar refractivity (Wildman–Crippen MR) is 101 cm³/mol. The van der Waals surface area contributed by atoms with Gasteiger partial charge in [0.25, 0.3) is 0 Å². The van der Waals surface area contributed by atoms with Gasteiger partial charge in [0.2, 0.25) is 0 Å². The molecule has 27 heavy (non-hydrogen) atoms. The third-order valence-corrected chi connectivity index (χ3v) is 5.35. The Hall–Kier alpha value is -2.38. The number of ether oxygens (including phenoxy) is 1. The first-order valence-corrected chi connectivity index (χ1v) is 9.50. The van der Waals surface area contributed by atoms with Gasteiger partial charge in [-0.25, -0.2) is 9.37 Å². The number of hydrogen-bond donors (Lipinski definition) is 1. The number of fused-ring (bicyclic) bond motifs is 2. The maximum atomic E-state index is 14.0. The van der Waals surface area contributed by atoms with Crippen LogP contribution in [0.15, 0.2) is 30.5 Å². The van der Waals surface area contributed by atoms with Crippen molar-refractivity contribution in [2.45, 2.75) is 18.9 Å². The van der Waals surface area contributed by atoms with Crippen molar-refractivity contribution in [3.63, 3.8) is 0 Å². The van der Waals surface area contributed by atoms with Crippen LogP contribution in [-0.2, 0) is 12.8 Å². The van der Waals surface area contributed by atoms with Crippen molar-refractivity contribution >= 4 is 23.1 Å². The van der Waals surface area contributed by atoms with Crippen LogP contribution in [0, 0.1) is 5.82 Å². The van der Waals surface area contributed by atoms with E-state index in [1.807, 2.05) is 10.6 Å². The van der Waals surface area contributed by atoms with Gasteiger partial charge >= 0.3 is 0 Å². The lowest BCUT2D eigenvalue weighted by molar-refractivity contribution is 0.159. The van der Waals surface area contributed by atoms with Crippen molar-refractivity contribution in [1.82, 2.24) is 19.9 Å². The van der Waals surface area contributed by atoms with Gasteiger partial charge in [-0.1, -0.05) is 11.6 Å². The highest BCUT2D eigenvalue weighted by molar-refractivity contribution is 6.30. The van der Waals surface area contributed by atoms with Gasteiger partial charge in [-0.05, 0) is 31.2 Å². The molecular formula is C19H19ClFN5O. The van der Waals surface area contributed by atoms with Crippen molar-refractivity contribution in [1.29, 1.82) is 0 Å². The summed E-state index contributed by atoms with van der Waals surface area (Å²) in [5.41, 5.74) is 3.24. The number of rotatable bonds is 3. The second-order valence-corrected chi connectivity index (χ2v) is 7.37. The summed E-state index contributed by atoms with van der Waals surface area (Å²) < 4.78 is 21.7. The Bertz CT molecular complexity index is 1000. The second-order valence-electron chi connectivity index (χ2n) is 6.93. The Morgan fingerprint density at radius 2 is 2.04 bits per heavy atom. The molecule has 0 aliphatic carbocycles. The molecule has 0 spiro atoms. The van der Waals surface area contributed by atoms with Gasteiger partial charge < -0.3 is 15.0 Å². The summed E-state index contributed by atoms with van der Waals surface area (Å²) >= 11 is 5.81. The average Bonchev–Trinajstić information content (AvgIpc) is 2.95. The zero-order valence-electron chi connectivity index (χ0n) is 14.7. The van der Waals surface area contributed by atoms with Gasteiger partial charge in [0.15, 0.2) is 17.2 Å². The maximum absolute atomic E-state index is 14.0. The highest BCUT2D eigenvalue weighted by Gasteiger charge is 2.34. The number of nitrogens with one attached hydrogen (secondary N) is 1. The summed E-state index contributed by atoms with van der Waals surface area (Å²) in [5.74, 6) is 0.894. The van der Waals surface area contributed by atoms with E-state index in [4.69, 9.17) is 21.3 Å². The van der Waals surface area contributed by atoms with Crippen LogP contribution in [0.2, 0.25) is 5.02 Å². The molecule has 3 aromatic rings. The van der Waals surface area contributed by atoms with Crippen molar-refractivity contribution in [3.05, 3.63) is 52.6 Å². The van der Waals surface area contributed by atoms with E-state index in [2.05, 4.69) is 15.3 Å². The van der Waals surface area contributed by atoms with Crippen LogP contribution in [0.5, 0.6) is 5.75 Å². The number of benzene rings is 1. The molecule has 140 valence electrons. The van der Waals surface area contributed by atoms with E-state index >= 15 is 0 Å². The first-order valence-electron chi connectivity index (χ1n) is 9.12. The third kappa shape index (κ3) is 3.00. The standard InChI is InChI=1S/C19H19ClFN5O/c20-12-1-2-17(15(21)9-12)27-13-10-25(11-13)19-14-3-6-22-7-4-16(14)24-18-5-8-23-26(18)19/h1-2,5,8-9,13,22H,3-4,6-7,10-11H2. The fourth-order valence-corrected chi connectivity index (χ4v) is 3.93. The topological polar surface area (TPSA) is 54.7 Å². The fraction of sp³-hybridized carbons (Fsp3) is 0.368. The highest BCUT2D eigenvalue weighted by Crippen LogP contribution is 2.31. The molecule has 0 saturated carbocycles. The Balaban J connectivity index is 1.41. The second kappa shape index (κ2) is 6.65. The third-order valence-electron chi connectivity index (χ3n) is 5.12. The molecule has 2 aromatic heterocycles. The largest absolute Gasteiger partial charge is 0.484 e. The smallest absolute Gasteiger partial charge is 0.166 e. The SMILES string of the molecule is Fc1cc(Cl)ccc1OC1CN(c2c3c(nc4ccnn24)CCNCC3)C1. The molecule has 6 nitrogen and oxygen atoms in total. The van der Waals surface area contributed by atoms with E-state index in [0.29, 0.717) is 18.1 Å². The number of hydrogen-bond acceptors (Lipinski definition) is 5. The van der Waals surface area contributed by atoms with E-state index in [1.54, 1.807) is 18.3 Å². The molecular weight excluding hydrogens is 369 g/mol. The van der Waals surface area contributed by atoms with E-state index in [9.17, 15) is 4.39 Å². The Kier molecular flexibility index (Phi) is 4.13. The zero-order chi connectivity index (χ0) is 18.4. The summed E-state index contributed by atoms with van der Waals surface area (Å²) in [6.45, 7) is 3.23. The van der Waals surface area contributed by atoms with Gasteiger partial charge in [-0.15, -0.1) is 0 Å². The van der Waals surface area contributed by atoms with Crippen molar-refractivity contribution in [2.75, 3.05) is 31.1 Å². The molecule has 1 N–H and O–H groups in total. The highest BCUT2D eigenvalue weighted by atomic mass is 35.5. The number of halogens is 2. The van der Waals surface area contributed by atoms with E-state index in [-0.39, 0.29) is 11.9 Å². The molecule has 0 radical (unpaired) electrons. The summed E-state index contributed by atoms with van der Waals surface area (Å²) in [5, 5.41) is 8.26. The molecule has 0 amide bonds. The Morgan fingerprint density at radius 3 is 2.89 bits per heavy atom. The summed E-state index contributed by atoms with van der Waals surface area (Å²) in [7, 11) is 0. The first kappa shape index (κ1) is 16.8. The molecule has 5 rings (SSSR count). The molecule has 1 fully saturated rings. The molecule has 2 aliphatic rings. The van der Waals surface area contributed by atoms with Gasteiger partial charge in [-0.3, -0.25) is 0 Å². The zero-order valence-corrected chi connectivity index (χ0v) is 15.4.